The van der Waals surface area contributed by atoms with E-state index in [4.69, 9.17) is 19.9 Å². The Bertz CT molecular complexity index is 1730. The van der Waals surface area contributed by atoms with E-state index >= 15 is 0 Å². The summed E-state index contributed by atoms with van der Waals surface area (Å²) in [7, 11) is 0. The van der Waals surface area contributed by atoms with Crippen LogP contribution in [0.1, 0.15) is 0 Å². The molecular formula is C30H18N4. The van der Waals surface area contributed by atoms with Gasteiger partial charge in [0.15, 0.2) is 5.82 Å². The molecule has 0 bridgehead atoms. The minimum atomic E-state index is 0.689. The van der Waals surface area contributed by atoms with Crippen molar-refractivity contribution in [2.24, 2.45) is 0 Å². The fourth-order valence-corrected chi connectivity index (χ4v) is 4.69. The van der Waals surface area contributed by atoms with Crippen molar-refractivity contribution in [3.8, 4) is 22.6 Å². The summed E-state index contributed by atoms with van der Waals surface area (Å²) in [6, 6.07) is 33.2. The number of hydrogen-bond donors (Lipinski definition) is 0. The first-order valence-electron chi connectivity index (χ1n) is 11.2. The molecule has 0 saturated carbocycles. The molecule has 0 aliphatic rings. The van der Waals surface area contributed by atoms with Crippen molar-refractivity contribution in [2.75, 3.05) is 0 Å². The van der Waals surface area contributed by atoms with E-state index in [9.17, 15) is 0 Å². The Kier molecular flexibility index (Phi) is 4.11. The van der Waals surface area contributed by atoms with E-state index in [0.29, 0.717) is 5.82 Å². The van der Waals surface area contributed by atoms with Crippen molar-refractivity contribution in [2.45, 2.75) is 0 Å². The van der Waals surface area contributed by atoms with Gasteiger partial charge >= 0.3 is 0 Å². The zero-order valence-electron chi connectivity index (χ0n) is 18.2. The maximum atomic E-state index is 5.07. The summed E-state index contributed by atoms with van der Waals surface area (Å²) in [6.07, 6.45) is 3.73. The van der Waals surface area contributed by atoms with Crippen LogP contribution >= 0.6 is 0 Å². The first-order valence-corrected chi connectivity index (χ1v) is 11.2. The Morgan fingerprint density at radius 3 is 1.91 bits per heavy atom. The molecule has 0 radical (unpaired) electrons. The van der Waals surface area contributed by atoms with Gasteiger partial charge in [-0.3, -0.25) is 4.98 Å². The molecular weight excluding hydrogens is 416 g/mol. The van der Waals surface area contributed by atoms with Gasteiger partial charge in [0, 0.05) is 22.7 Å². The van der Waals surface area contributed by atoms with Crippen LogP contribution in [-0.4, -0.2) is 19.9 Å². The van der Waals surface area contributed by atoms with Gasteiger partial charge in [-0.1, -0.05) is 84.9 Å². The second kappa shape index (κ2) is 7.42. The minimum absolute atomic E-state index is 0.689. The molecule has 4 nitrogen and oxygen atoms in total. The standard InChI is InChI=1S/C30H18N4/c1-3-11-22-19(7-1)9-5-13-24(22)27-18-31-26-16-15-21-17-32-30(34-28(21)29(26)33-27)25-14-6-10-20-8-2-4-12-23(20)25/h1-18H. The third-order valence-corrected chi connectivity index (χ3v) is 6.36. The third-order valence-electron chi connectivity index (χ3n) is 6.36. The van der Waals surface area contributed by atoms with E-state index in [1.807, 2.05) is 42.7 Å². The van der Waals surface area contributed by atoms with Gasteiger partial charge in [0.05, 0.1) is 17.4 Å². The highest BCUT2D eigenvalue weighted by atomic mass is 14.9. The first-order chi connectivity index (χ1) is 16.8. The molecule has 34 heavy (non-hydrogen) atoms. The second-order valence-corrected chi connectivity index (χ2v) is 8.37. The van der Waals surface area contributed by atoms with Crippen LogP contribution in [0.15, 0.2) is 109 Å². The van der Waals surface area contributed by atoms with Crippen molar-refractivity contribution >= 4 is 43.5 Å². The van der Waals surface area contributed by atoms with Crippen molar-refractivity contribution in [3.05, 3.63) is 109 Å². The van der Waals surface area contributed by atoms with Gasteiger partial charge in [-0.05, 0) is 33.7 Å². The van der Waals surface area contributed by atoms with Gasteiger partial charge in [-0.25, -0.2) is 15.0 Å². The van der Waals surface area contributed by atoms with Gasteiger partial charge in [-0.15, -0.1) is 0 Å². The lowest BCUT2D eigenvalue weighted by atomic mass is 10.0. The Labute approximate surface area is 195 Å². The smallest absolute Gasteiger partial charge is 0.160 e. The topological polar surface area (TPSA) is 51.6 Å². The summed E-state index contributed by atoms with van der Waals surface area (Å²) in [5, 5.41) is 5.58. The Hall–Kier alpha value is -4.70. The SMILES string of the molecule is c1ccc2c(-c3cnc4ccc5cnc(-c6cccc7ccccc67)nc5c4n3)cccc2c1. The predicted molar refractivity (Wildman–Crippen MR) is 139 cm³/mol. The molecule has 7 aromatic rings. The lowest BCUT2D eigenvalue weighted by Crippen LogP contribution is -1.95. The van der Waals surface area contributed by atoms with Crippen molar-refractivity contribution in [3.63, 3.8) is 0 Å². The van der Waals surface area contributed by atoms with Crippen molar-refractivity contribution in [1.29, 1.82) is 0 Å². The van der Waals surface area contributed by atoms with Gasteiger partial charge in [-0.2, -0.15) is 0 Å². The third kappa shape index (κ3) is 2.93. The van der Waals surface area contributed by atoms with Crippen molar-refractivity contribution in [1.82, 2.24) is 19.9 Å². The van der Waals surface area contributed by atoms with Crippen LogP contribution in [0.5, 0.6) is 0 Å². The molecule has 5 aromatic carbocycles. The van der Waals surface area contributed by atoms with Gasteiger partial charge in [0.2, 0.25) is 0 Å². The lowest BCUT2D eigenvalue weighted by molar-refractivity contribution is 1.22. The Morgan fingerprint density at radius 2 is 1.12 bits per heavy atom. The highest BCUT2D eigenvalue weighted by Crippen LogP contribution is 2.31. The van der Waals surface area contributed by atoms with Crippen molar-refractivity contribution < 1.29 is 0 Å². The summed E-state index contributed by atoms with van der Waals surface area (Å²) in [5.74, 6) is 0.689. The fourth-order valence-electron chi connectivity index (χ4n) is 4.69. The molecule has 7 rings (SSSR count). The van der Waals surface area contributed by atoms with Crippen LogP contribution in [0.25, 0.3) is 66.1 Å². The fraction of sp³-hybridized carbons (Fsp3) is 0. The van der Waals surface area contributed by atoms with E-state index in [-0.39, 0.29) is 0 Å². The average Bonchev–Trinajstić information content (AvgIpc) is 2.92. The van der Waals surface area contributed by atoms with Crippen LogP contribution in [0.2, 0.25) is 0 Å². The van der Waals surface area contributed by atoms with E-state index < -0.39 is 0 Å². The van der Waals surface area contributed by atoms with E-state index in [0.717, 1.165) is 49.5 Å². The number of hydrogen-bond acceptors (Lipinski definition) is 4. The summed E-state index contributed by atoms with van der Waals surface area (Å²) < 4.78 is 0. The average molecular weight is 435 g/mol. The molecule has 0 aliphatic carbocycles. The molecule has 0 fully saturated rings. The number of benzene rings is 5. The lowest BCUT2D eigenvalue weighted by Gasteiger charge is -2.09. The quantitative estimate of drug-likeness (QED) is 0.270. The molecule has 0 amide bonds. The van der Waals surface area contributed by atoms with Gasteiger partial charge in [0.25, 0.3) is 0 Å². The van der Waals surface area contributed by atoms with Gasteiger partial charge < -0.3 is 0 Å². The highest BCUT2D eigenvalue weighted by molar-refractivity contribution is 6.04. The summed E-state index contributed by atoms with van der Waals surface area (Å²) >= 11 is 0. The van der Waals surface area contributed by atoms with Gasteiger partial charge in [0.1, 0.15) is 11.0 Å². The largest absolute Gasteiger partial charge is 0.252 e. The number of rotatable bonds is 2. The maximum absolute atomic E-state index is 5.07. The monoisotopic (exact) mass is 434 g/mol. The maximum Gasteiger partial charge on any atom is 0.160 e. The van der Waals surface area contributed by atoms with Crippen LogP contribution in [0.3, 0.4) is 0 Å². The summed E-state index contributed by atoms with van der Waals surface area (Å²) in [5.41, 5.74) is 5.32. The zero-order valence-corrected chi connectivity index (χ0v) is 18.2. The summed E-state index contributed by atoms with van der Waals surface area (Å²) in [6.45, 7) is 0. The molecule has 0 saturated heterocycles. The number of fused-ring (bicyclic) bond motifs is 5. The predicted octanol–water partition coefficient (Wildman–Crippen LogP) is 7.21. The van der Waals surface area contributed by atoms with E-state index in [2.05, 4.69) is 66.7 Å². The normalized spacial score (nSPS) is 11.5. The molecule has 0 N–H and O–H groups in total. The molecule has 2 aromatic heterocycles. The van der Waals surface area contributed by atoms with Crippen LogP contribution in [0, 0.1) is 0 Å². The van der Waals surface area contributed by atoms with E-state index in [1.54, 1.807) is 0 Å². The van der Waals surface area contributed by atoms with E-state index in [1.165, 1.54) is 10.8 Å². The molecule has 158 valence electrons. The van der Waals surface area contributed by atoms with Crippen LogP contribution in [0.4, 0.5) is 0 Å². The molecule has 0 aliphatic heterocycles. The van der Waals surface area contributed by atoms with Crippen LogP contribution in [-0.2, 0) is 0 Å². The molecule has 2 heterocycles. The molecule has 0 unspecified atom stereocenters. The second-order valence-electron chi connectivity index (χ2n) is 8.37. The highest BCUT2D eigenvalue weighted by Gasteiger charge is 2.13. The molecule has 0 spiro atoms. The summed E-state index contributed by atoms with van der Waals surface area (Å²) in [4.78, 5) is 19.5. The Balaban J connectivity index is 1.49. The zero-order chi connectivity index (χ0) is 22.5. The molecule has 4 heteroatoms. The minimum Gasteiger partial charge on any atom is -0.252 e. The molecule has 0 atom stereocenters. The first kappa shape index (κ1) is 18.8. The van der Waals surface area contributed by atoms with Crippen LogP contribution < -0.4 is 0 Å². The number of aromatic nitrogens is 4. The Morgan fingerprint density at radius 1 is 0.441 bits per heavy atom. The number of nitrogens with zero attached hydrogens (tertiary/aromatic N) is 4.